The summed E-state index contributed by atoms with van der Waals surface area (Å²) in [6.07, 6.45) is 103. The number of unbranched alkanes of at least 4 members (excludes halogenated alkanes) is 44. The zero-order chi connectivity index (χ0) is 69.0. The summed E-state index contributed by atoms with van der Waals surface area (Å²) in [5, 5.41) is 9.78. The smallest absolute Gasteiger partial charge is 0.361 e. The largest absolute Gasteiger partial charge is 0.477 e. The Bertz CT molecular complexity index is 1890. The van der Waals surface area contributed by atoms with Crippen molar-refractivity contribution in [2.75, 3.05) is 47.5 Å². The molecule has 550 valence electrons. The first kappa shape index (κ1) is 91.2. The molecule has 9 nitrogen and oxygen atoms in total. The topological polar surface area (TPSA) is 108 Å². The first-order valence-corrected chi connectivity index (χ1v) is 40.4. The third kappa shape index (κ3) is 77.4. The third-order valence-corrected chi connectivity index (χ3v) is 17.8. The van der Waals surface area contributed by atoms with Crippen LogP contribution in [0.3, 0.4) is 0 Å². The quantitative estimate of drug-likeness (QED) is 0.0211. The normalized spacial score (nSPS) is 13.1. The predicted molar refractivity (Wildman–Crippen MR) is 410 cm³/mol. The fourth-order valence-corrected chi connectivity index (χ4v) is 11.7. The van der Waals surface area contributed by atoms with Gasteiger partial charge in [-0.3, -0.25) is 9.59 Å². The molecular formula is C86H154NO8+. The van der Waals surface area contributed by atoms with Crippen LogP contribution in [0.15, 0.2) is 97.2 Å². The molecule has 0 aliphatic carbocycles. The zero-order valence-corrected chi connectivity index (χ0v) is 63.1. The number of likely N-dealkylation sites (N-methyl/N-ethyl adjacent to an activating group) is 1. The Labute approximate surface area is 588 Å². The fourth-order valence-electron chi connectivity index (χ4n) is 11.7. The van der Waals surface area contributed by atoms with E-state index < -0.39 is 18.4 Å². The molecule has 0 spiro atoms. The summed E-state index contributed by atoms with van der Waals surface area (Å²) in [6, 6.07) is 0. The van der Waals surface area contributed by atoms with Crippen LogP contribution >= 0.6 is 0 Å². The number of esters is 2. The molecule has 0 radical (unpaired) electrons. The van der Waals surface area contributed by atoms with Gasteiger partial charge < -0.3 is 28.5 Å². The van der Waals surface area contributed by atoms with Gasteiger partial charge in [-0.05, 0) is 96.3 Å². The van der Waals surface area contributed by atoms with E-state index in [1.165, 1.54) is 263 Å². The van der Waals surface area contributed by atoms with Crippen molar-refractivity contribution < 1.29 is 42.9 Å². The van der Waals surface area contributed by atoms with Gasteiger partial charge in [0.15, 0.2) is 6.10 Å². The Morgan fingerprint density at radius 2 is 0.600 bits per heavy atom. The van der Waals surface area contributed by atoms with Gasteiger partial charge in [-0.15, -0.1) is 0 Å². The average molecular weight is 1330 g/mol. The van der Waals surface area contributed by atoms with Crippen molar-refractivity contribution in [3.05, 3.63) is 97.2 Å². The van der Waals surface area contributed by atoms with E-state index in [9.17, 15) is 19.5 Å². The van der Waals surface area contributed by atoms with Crippen LogP contribution in [0.1, 0.15) is 373 Å². The van der Waals surface area contributed by atoms with Gasteiger partial charge in [0.25, 0.3) is 6.29 Å². The fraction of sp³-hybridized carbons (Fsp3) is 0.779. The summed E-state index contributed by atoms with van der Waals surface area (Å²) < 4.78 is 23.1. The van der Waals surface area contributed by atoms with E-state index in [0.717, 1.165) is 83.5 Å². The van der Waals surface area contributed by atoms with Gasteiger partial charge >= 0.3 is 17.9 Å². The SMILES string of the molecule is CC/C=C\C/C=C\C/C=C\C/C=C\C/C=C\CCCCCCCCCCCCCCCCCCCCCCCCCC(=O)OC(COC(=O)CCCCCCCCCCCCCCCCCC/C=C\C/C=C\C/C=C\CCCCCCC)COC(OCC[N+](C)(C)C)C(=O)O. The summed E-state index contributed by atoms with van der Waals surface area (Å²) in [5.41, 5.74) is 0. The molecule has 1 N–H and O–H groups in total. The Hall–Kier alpha value is -3.79. The number of carboxylic acid groups (broad SMARTS) is 1. The van der Waals surface area contributed by atoms with Gasteiger partial charge in [-0.25, -0.2) is 4.79 Å². The van der Waals surface area contributed by atoms with Gasteiger partial charge in [0.1, 0.15) is 13.2 Å². The van der Waals surface area contributed by atoms with E-state index in [1.807, 2.05) is 21.1 Å². The van der Waals surface area contributed by atoms with Crippen molar-refractivity contribution in [1.29, 1.82) is 0 Å². The molecule has 0 aromatic heterocycles. The summed E-state index contributed by atoms with van der Waals surface area (Å²) in [6.45, 7) is 4.80. The van der Waals surface area contributed by atoms with Crippen molar-refractivity contribution in [1.82, 2.24) is 0 Å². The van der Waals surface area contributed by atoms with Gasteiger partial charge in [0.2, 0.25) is 0 Å². The highest BCUT2D eigenvalue weighted by Crippen LogP contribution is 2.19. The van der Waals surface area contributed by atoms with E-state index >= 15 is 0 Å². The summed E-state index contributed by atoms with van der Waals surface area (Å²) in [4.78, 5) is 37.8. The number of carboxylic acids is 1. The number of aliphatic carboxylic acids is 1. The lowest BCUT2D eigenvalue weighted by Gasteiger charge is -2.25. The zero-order valence-electron chi connectivity index (χ0n) is 63.1. The van der Waals surface area contributed by atoms with Gasteiger partial charge in [0, 0.05) is 12.8 Å². The standard InChI is InChI=1S/C86H153NO8/c1-6-8-10-12-14-16-18-20-22-24-26-28-30-32-34-36-38-39-40-41-42-43-44-45-47-49-51-53-55-57-59-61-63-65-67-69-71-73-75-77-84(89)95-82(81-94-86(85(90)91)92-79-78-87(3,4)5)80-93-83(88)76-74-72-70-68-66-64-62-60-58-56-54-52-50-48-46-37-35-33-31-29-27-25-23-21-19-17-15-13-11-9-7-2/h8,10,14,16,19-22,25-28,31-34,82,86H,6-7,9,11-13,15,17-18,23-24,29-30,35-81H2,1-5H3/p+1/b10-8-,16-14-,21-19-,22-20-,27-25-,28-26-,33-31-,34-32-. The minimum absolute atomic E-state index is 0.180. The van der Waals surface area contributed by atoms with Gasteiger partial charge in [0.05, 0.1) is 34.4 Å². The number of hydrogen-bond acceptors (Lipinski definition) is 7. The number of allylic oxidation sites excluding steroid dienone is 16. The molecule has 0 amide bonds. The maximum atomic E-state index is 13.0. The number of quaternary nitrogens is 1. The molecular weight excluding hydrogens is 1170 g/mol. The van der Waals surface area contributed by atoms with Crippen LogP contribution in [0.2, 0.25) is 0 Å². The van der Waals surface area contributed by atoms with E-state index in [4.69, 9.17) is 18.9 Å². The van der Waals surface area contributed by atoms with E-state index in [2.05, 4.69) is 111 Å². The molecule has 0 saturated heterocycles. The second kappa shape index (κ2) is 76.0. The Morgan fingerprint density at radius 3 is 0.895 bits per heavy atom. The minimum Gasteiger partial charge on any atom is -0.477 e. The van der Waals surface area contributed by atoms with Crippen LogP contribution in [0.25, 0.3) is 0 Å². The molecule has 0 rings (SSSR count). The summed E-state index contributed by atoms with van der Waals surface area (Å²) in [5.74, 6) is -1.98. The Balaban J connectivity index is 3.99. The van der Waals surface area contributed by atoms with Crippen molar-refractivity contribution in [2.45, 2.75) is 386 Å². The molecule has 0 aliphatic rings. The summed E-state index contributed by atoms with van der Waals surface area (Å²) in [7, 11) is 5.99. The van der Waals surface area contributed by atoms with Crippen LogP contribution in [0.4, 0.5) is 0 Å². The first-order valence-electron chi connectivity index (χ1n) is 40.4. The third-order valence-electron chi connectivity index (χ3n) is 17.8. The maximum Gasteiger partial charge on any atom is 0.361 e. The van der Waals surface area contributed by atoms with Crippen molar-refractivity contribution in [2.24, 2.45) is 0 Å². The lowest BCUT2D eigenvalue weighted by atomic mass is 10.0. The number of nitrogens with zero attached hydrogens (tertiary/aromatic N) is 1. The van der Waals surface area contributed by atoms with Gasteiger partial charge in [-0.1, -0.05) is 361 Å². The van der Waals surface area contributed by atoms with Crippen molar-refractivity contribution >= 4 is 17.9 Å². The highest BCUT2D eigenvalue weighted by molar-refractivity contribution is 5.71. The molecule has 0 saturated carbocycles. The molecule has 9 heteroatoms. The highest BCUT2D eigenvalue weighted by atomic mass is 16.7. The van der Waals surface area contributed by atoms with E-state index in [0.29, 0.717) is 17.4 Å². The molecule has 0 aromatic carbocycles. The van der Waals surface area contributed by atoms with E-state index in [-0.39, 0.29) is 38.2 Å². The number of rotatable bonds is 75. The second-order valence-corrected chi connectivity index (χ2v) is 28.3. The number of ether oxygens (including phenoxy) is 4. The molecule has 0 heterocycles. The summed E-state index contributed by atoms with van der Waals surface area (Å²) >= 11 is 0. The minimum atomic E-state index is -1.51. The predicted octanol–water partition coefficient (Wildman–Crippen LogP) is 25.9. The van der Waals surface area contributed by atoms with Crippen LogP contribution < -0.4 is 0 Å². The molecule has 2 atom stereocenters. The molecule has 2 unspecified atom stereocenters. The van der Waals surface area contributed by atoms with E-state index in [1.54, 1.807) is 0 Å². The average Bonchev–Trinajstić information content (AvgIpc) is 2.92. The Morgan fingerprint density at radius 1 is 0.326 bits per heavy atom. The maximum absolute atomic E-state index is 13.0. The van der Waals surface area contributed by atoms with Gasteiger partial charge in [-0.2, -0.15) is 0 Å². The molecule has 0 aliphatic heterocycles. The number of carbonyl (C=O) groups is 3. The van der Waals surface area contributed by atoms with Crippen molar-refractivity contribution in [3.63, 3.8) is 0 Å². The molecule has 0 bridgehead atoms. The lowest BCUT2D eigenvalue weighted by Crippen LogP contribution is -2.40. The number of carbonyl (C=O) groups excluding carboxylic acids is 2. The molecule has 95 heavy (non-hydrogen) atoms. The lowest BCUT2D eigenvalue weighted by molar-refractivity contribution is -0.870. The van der Waals surface area contributed by atoms with Crippen LogP contribution in [-0.2, 0) is 33.3 Å². The second-order valence-electron chi connectivity index (χ2n) is 28.3. The first-order chi connectivity index (χ1) is 46.6. The van der Waals surface area contributed by atoms with Crippen LogP contribution in [-0.4, -0.2) is 87.4 Å². The number of hydrogen-bond donors (Lipinski definition) is 1. The molecule has 0 aromatic rings. The van der Waals surface area contributed by atoms with Crippen LogP contribution in [0.5, 0.6) is 0 Å². The van der Waals surface area contributed by atoms with Crippen LogP contribution in [0, 0.1) is 0 Å². The molecule has 0 fully saturated rings. The van der Waals surface area contributed by atoms with Crippen molar-refractivity contribution in [3.8, 4) is 0 Å². The Kier molecular flexibility index (Phi) is 72.9. The monoisotopic (exact) mass is 1330 g/mol. The highest BCUT2D eigenvalue weighted by Gasteiger charge is 2.25.